The number of halogens is 3. The van der Waals surface area contributed by atoms with E-state index in [1.165, 1.54) is 6.07 Å². The molecule has 1 amide bonds. The van der Waals surface area contributed by atoms with Crippen molar-refractivity contribution < 1.29 is 23.0 Å². The van der Waals surface area contributed by atoms with Gasteiger partial charge in [0, 0.05) is 9.77 Å². The standard InChI is InChI=1S/C12H20B8BrF2NO3/c13-9(14)10(15,16)11(9,17)24-7(25)6-4(26-8(22)23)1-3(21)2-5(6)27-12(18,19)20/h1-2,8H,13-20H2,(H,24,25). The zero-order chi connectivity index (χ0) is 21.0. The molecule has 0 bridgehead atoms. The summed E-state index contributed by atoms with van der Waals surface area (Å²) >= 11 is 3.27. The Bertz CT molecular complexity index is 760. The van der Waals surface area contributed by atoms with E-state index in [1.807, 2.05) is 31.4 Å². The number of alkyl halides is 2. The van der Waals surface area contributed by atoms with Gasteiger partial charge in [-0.3, -0.25) is 4.79 Å². The maximum absolute atomic E-state index is 13.2. The molecule has 0 atom stereocenters. The second kappa shape index (κ2) is 6.89. The number of carbonyl (C=O) groups is 1. The Morgan fingerprint density at radius 2 is 1.56 bits per heavy atom. The Balaban J connectivity index is 2.51. The molecular weight excluding hydrogens is 411 g/mol. The van der Waals surface area contributed by atoms with Crippen LogP contribution in [-0.4, -0.2) is 86.0 Å². The van der Waals surface area contributed by atoms with E-state index in [4.69, 9.17) is 4.74 Å². The van der Waals surface area contributed by atoms with E-state index in [-0.39, 0.29) is 27.5 Å². The summed E-state index contributed by atoms with van der Waals surface area (Å²) in [5.74, 6) is -0.542. The summed E-state index contributed by atoms with van der Waals surface area (Å²) in [4.78, 5) is 13.2. The minimum Gasteiger partial charge on any atom is -0.513 e. The van der Waals surface area contributed by atoms with Crippen molar-refractivity contribution in [1.82, 2.24) is 5.32 Å². The number of ether oxygens (including phenoxy) is 2. The normalized spacial score (nSPS) is 19.3. The zero-order valence-electron chi connectivity index (χ0n) is 17.1. The van der Waals surface area contributed by atoms with E-state index < -0.39 is 23.3 Å². The molecule has 1 aromatic rings. The monoisotopic (exact) mass is 431 g/mol. The molecule has 27 heavy (non-hydrogen) atoms. The molecule has 0 aromatic heterocycles. The third kappa shape index (κ3) is 3.99. The van der Waals surface area contributed by atoms with Crippen molar-refractivity contribution in [2.75, 3.05) is 0 Å². The fourth-order valence-corrected chi connectivity index (χ4v) is 3.99. The Morgan fingerprint density at radius 1 is 1.07 bits per heavy atom. The van der Waals surface area contributed by atoms with Crippen molar-refractivity contribution in [3.63, 3.8) is 0 Å². The number of carbonyl (C=O) groups excluding carboxylic acids is 1. The van der Waals surface area contributed by atoms with Gasteiger partial charge in [-0.1, -0.05) is 26.4 Å². The van der Waals surface area contributed by atoms with Crippen LogP contribution < -0.4 is 14.8 Å². The predicted molar refractivity (Wildman–Crippen MR) is 128 cm³/mol. The molecule has 0 saturated heterocycles. The van der Waals surface area contributed by atoms with Crippen LogP contribution >= 0.6 is 15.9 Å². The van der Waals surface area contributed by atoms with Gasteiger partial charge in [-0.15, -0.1) is 0 Å². The molecule has 1 N–H and O–H groups in total. The molecule has 1 saturated carbocycles. The lowest BCUT2D eigenvalue weighted by atomic mass is 9.49. The van der Waals surface area contributed by atoms with Crippen molar-refractivity contribution in [3.05, 3.63) is 22.2 Å². The number of nitrogens with one attached hydrogen (secondary N) is 1. The molecule has 0 aliphatic heterocycles. The number of rotatable bonds is 6. The molecule has 0 spiro atoms. The zero-order valence-corrected chi connectivity index (χ0v) is 18.7. The summed E-state index contributed by atoms with van der Waals surface area (Å²) in [6.45, 7) is -3.06. The summed E-state index contributed by atoms with van der Waals surface area (Å²) in [5, 5.41) is 2.10. The van der Waals surface area contributed by atoms with Crippen molar-refractivity contribution >= 4 is 84.6 Å². The van der Waals surface area contributed by atoms with Crippen LogP contribution in [0.2, 0.25) is 10.4 Å². The molecule has 1 aromatic carbocycles. The van der Waals surface area contributed by atoms with Crippen LogP contribution in [0.15, 0.2) is 16.6 Å². The summed E-state index contributed by atoms with van der Waals surface area (Å²) < 4.78 is 36.9. The predicted octanol–water partition coefficient (Wildman–Crippen LogP) is -5.22. The van der Waals surface area contributed by atoms with Crippen LogP contribution in [0, 0.1) is 0 Å². The first kappa shape index (κ1) is 22.4. The average Bonchev–Trinajstić information content (AvgIpc) is 2.71. The summed E-state index contributed by atoms with van der Waals surface area (Å²) in [6.07, 6.45) is 0. The van der Waals surface area contributed by atoms with Crippen molar-refractivity contribution in [3.8, 4) is 11.5 Å². The minimum atomic E-state index is -3.06. The number of benzene rings is 1. The summed E-state index contributed by atoms with van der Waals surface area (Å²) in [7, 11) is 15.7. The highest BCUT2D eigenvalue weighted by atomic mass is 79.9. The van der Waals surface area contributed by atoms with E-state index in [0.29, 0.717) is 4.47 Å². The fraction of sp³-hybridized carbons (Fsp3) is 0.417. The third-order valence-corrected chi connectivity index (χ3v) is 6.71. The maximum atomic E-state index is 13.2. The van der Waals surface area contributed by atoms with Crippen molar-refractivity contribution in [1.29, 1.82) is 0 Å². The molecule has 136 valence electrons. The number of hydrogen-bond acceptors (Lipinski definition) is 3. The fourth-order valence-electron chi connectivity index (χ4n) is 3.58. The Morgan fingerprint density at radius 3 is 1.96 bits per heavy atom. The van der Waals surface area contributed by atoms with Crippen LogP contribution in [0.3, 0.4) is 0 Å². The first-order valence-corrected chi connectivity index (χ1v) is 9.63. The molecule has 1 aliphatic carbocycles. The van der Waals surface area contributed by atoms with Crippen LogP contribution in [0.5, 0.6) is 11.5 Å². The van der Waals surface area contributed by atoms with E-state index in [0.717, 1.165) is 0 Å². The van der Waals surface area contributed by atoms with Crippen molar-refractivity contribution in [2.24, 2.45) is 0 Å². The van der Waals surface area contributed by atoms with Gasteiger partial charge in [0.25, 0.3) is 5.91 Å². The topological polar surface area (TPSA) is 47.6 Å². The minimum absolute atomic E-state index is 0.0341. The summed E-state index contributed by atoms with van der Waals surface area (Å²) in [5.41, 5.74) is -0.529. The van der Waals surface area contributed by atoms with Gasteiger partial charge in [-0.25, -0.2) is 0 Å². The second-order valence-electron chi connectivity index (χ2n) is 9.20. The van der Waals surface area contributed by atoms with Crippen LogP contribution in [0.25, 0.3) is 0 Å². The molecule has 2 rings (SSSR count). The Labute approximate surface area is 174 Å². The lowest BCUT2D eigenvalue weighted by molar-refractivity contribution is -0.0503. The molecular formula is C12H20B8BrF2NO3. The number of amides is 1. The van der Waals surface area contributed by atoms with Gasteiger partial charge in [0.05, 0.1) is 0 Å². The second-order valence-corrected chi connectivity index (χ2v) is 10.1. The Kier molecular flexibility index (Phi) is 5.72. The Hall–Kier alpha value is -0.851. The lowest BCUT2D eigenvalue weighted by Gasteiger charge is -2.26. The van der Waals surface area contributed by atoms with E-state index >= 15 is 0 Å². The average molecular weight is 431 g/mol. The molecule has 4 nitrogen and oxygen atoms in total. The van der Waals surface area contributed by atoms with Crippen LogP contribution in [-0.2, 0) is 0 Å². The van der Waals surface area contributed by atoms with E-state index in [9.17, 15) is 13.6 Å². The molecule has 0 radical (unpaired) electrons. The third-order valence-electron chi connectivity index (χ3n) is 6.25. The maximum Gasteiger partial charge on any atom is 0.387 e. The quantitative estimate of drug-likeness (QED) is 0.459. The van der Waals surface area contributed by atoms with Gasteiger partial charge < -0.3 is 14.8 Å². The van der Waals surface area contributed by atoms with Gasteiger partial charge in [-0.05, 0) is 17.6 Å². The lowest BCUT2D eigenvalue weighted by Crippen LogP contribution is -2.44. The molecule has 1 aliphatic rings. The van der Waals surface area contributed by atoms with Crippen LogP contribution in [0.1, 0.15) is 10.4 Å². The largest absolute Gasteiger partial charge is 0.513 e. The van der Waals surface area contributed by atoms with E-state index in [2.05, 4.69) is 57.4 Å². The highest BCUT2D eigenvalue weighted by molar-refractivity contribution is 9.10. The molecule has 0 unspecified atom stereocenters. The first-order chi connectivity index (χ1) is 12.0. The van der Waals surface area contributed by atoms with Gasteiger partial charge in [0.2, 0.25) is 0 Å². The van der Waals surface area contributed by atoms with Crippen molar-refractivity contribution in [2.45, 2.75) is 27.8 Å². The first-order valence-electron chi connectivity index (χ1n) is 8.83. The number of hydrogen-bond donors (Lipinski definition) is 1. The smallest absolute Gasteiger partial charge is 0.387 e. The highest BCUT2D eigenvalue weighted by Crippen LogP contribution is 2.74. The highest BCUT2D eigenvalue weighted by Gasteiger charge is 2.72. The SMILES string of the molecule is BC(B)(B)Oc1cc(Br)cc(OC(F)F)c1C(=O)NC1(B)C(B)(B)C1(B)B. The van der Waals surface area contributed by atoms with Gasteiger partial charge in [0.15, 0.2) is 0 Å². The summed E-state index contributed by atoms with van der Waals surface area (Å²) in [6, 6.07) is 2.94. The van der Waals surface area contributed by atoms with Crippen LogP contribution in [0.4, 0.5) is 8.78 Å². The van der Waals surface area contributed by atoms with Gasteiger partial charge in [0.1, 0.15) is 79.8 Å². The van der Waals surface area contributed by atoms with Gasteiger partial charge in [-0.2, -0.15) is 8.78 Å². The van der Waals surface area contributed by atoms with E-state index in [1.54, 1.807) is 6.07 Å². The van der Waals surface area contributed by atoms with Gasteiger partial charge >= 0.3 is 6.61 Å². The molecule has 1 fully saturated rings. The molecule has 15 heteroatoms. The molecule has 0 heterocycles.